The topological polar surface area (TPSA) is 82.7 Å². The number of ketones is 1. The van der Waals surface area contributed by atoms with Gasteiger partial charge in [-0.05, 0) is 61.5 Å². The Morgan fingerprint density at radius 2 is 1.76 bits per heavy atom. The van der Waals surface area contributed by atoms with E-state index in [-0.39, 0.29) is 17.3 Å². The molecule has 0 fully saturated rings. The lowest BCUT2D eigenvalue weighted by atomic mass is 10.0. The first-order valence-corrected chi connectivity index (χ1v) is 11.7. The zero-order chi connectivity index (χ0) is 24.4. The fourth-order valence-electron chi connectivity index (χ4n) is 3.53. The first kappa shape index (κ1) is 23.7. The van der Waals surface area contributed by atoms with Gasteiger partial charge in [0.1, 0.15) is 23.6 Å². The monoisotopic (exact) mass is 481 g/mol. The number of fused-ring (bicyclic) bond motifs is 1. The first-order valence-electron chi connectivity index (χ1n) is 10.9. The van der Waals surface area contributed by atoms with Crippen LogP contribution in [0.2, 0.25) is 0 Å². The second-order valence-corrected chi connectivity index (χ2v) is 9.37. The third-order valence-corrected chi connectivity index (χ3v) is 6.11. The van der Waals surface area contributed by atoms with Crippen LogP contribution in [0.4, 0.5) is 20.3 Å². The number of hydrogen-bond donors (Lipinski definition) is 3. The summed E-state index contributed by atoms with van der Waals surface area (Å²) in [6.07, 6.45) is 2.76. The van der Waals surface area contributed by atoms with E-state index in [0.29, 0.717) is 22.8 Å². The highest BCUT2D eigenvalue weighted by molar-refractivity contribution is 8.00. The number of nitrogens with zero attached hydrogens (tertiary/aromatic N) is 2. The third kappa shape index (κ3) is 4.75. The summed E-state index contributed by atoms with van der Waals surface area (Å²) in [6, 6.07) is 10.3. The molecule has 9 heteroatoms. The number of rotatable bonds is 8. The van der Waals surface area contributed by atoms with Crippen molar-refractivity contribution in [3.63, 3.8) is 0 Å². The maximum absolute atomic E-state index is 15.4. The molecule has 0 saturated carbocycles. The Morgan fingerprint density at radius 1 is 1.03 bits per heavy atom. The Balaban J connectivity index is 1.65. The third-order valence-electron chi connectivity index (χ3n) is 5.28. The van der Waals surface area contributed by atoms with E-state index in [1.54, 1.807) is 0 Å². The van der Waals surface area contributed by atoms with Crippen LogP contribution >= 0.6 is 11.9 Å². The molecule has 0 aliphatic carbocycles. The fourth-order valence-corrected chi connectivity index (χ4v) is 4.19. The maximum atomic E-state index is 15.4. The van der Waals surface area contributed by atoms with E-state index in [4.69, 9.17) is 0 Å². The number of hydrogen-bond acceptors (Lipinski definition) is 6. The number of halogens is 2. The minimum Gasteiger partial charge on any atom is -0.367 e. The molecule has 0 spiro atoms. The minimum absolute atomic E-state index is 0.0132. The van der Waals surface area contributed by atoms with Crippen LogP contribution in [0.5, 0.6) is 0 Å². The molecule has 176 valence electrons. The van der Waals surface area contributed by atoms with Crippen molar-refractivity contribution in [3.8, 4) is 0 Å². The number of carbonyl (C=O) groups excluding carboxylic acids is 1. The number of H-pyrrole nitrogens is 1. The largest absolute Gasteiger partial charge is 0.367 e. The van der Waals surface area contributed by atoms with Gasteiger partial charge in [-0.2, -0.15) is 0 Å². The van der Waals surface area contributed by atoms with Gasteiger partial charge in [0.25, 0.3) is 0 Å². The lowest BCUT2D eigenvalue weighted by molar-refractivity contribution is 0.103. The molecular weight excluding hydrogens is 456 g/mol. The van der Waals surface area contributed by atoms with E-state index in [0.717, 1.165) is 11.0 Å². The predicted octanol–water partition coefficient (Wildman–Crippen LogP) is 6.53. The Labute approximate surface area is 200 Å². The van der Waals surface area contributed by atoms with Gasteiger partial charge in [-0.1, -0.05) is 26.0 Å². The number of benzene rings is 2. The molecule has 4 aromatic rings. The first-order chi connectivity index (χ1) is 16.3. The Kier molecular flexibility index (Phi) is 6.83. The van der Waals surface area contributed by atoms with E-state index in [1.807, 2.05) is 38.1 Å². The molecule has 0 radical (unpaired) electrons. The van der Waals surface area contributed by atoms with Gasteiger partial charge in [0.2, 0.25) is 5.78 Å². The molecule has 0 bridgehead atoms. The predicted molar refractivity (Wildman–Crippen MR) is 132 cm³/mol. The molecule has 0 atom stereocenters. The van der Waals surface area contributed by atoms with Crippen molar-refractivity contribution >= 4 is 40.3 Å². The van der Waals surface area contributed by atoms with Gasteiger partial charge >= 0.3 is 0 Å². The van der Waals surface area contributed by atoms with Crippen molar-refractivity contribution in [2.75, 3.05) is 10.0 Å². The second-order valence-electron chi connectivity index (χ2n) is 8.49. The molecule has 0 amide bonds. The second kappa shape index (κ2) is 9.80. The van der Waals surface area contributed by atoms with Crippen LogP contribution in [0.25, 0.3) is 11.0 Å². The lowest BCUT2D eigenvalue weighted by Crippen LogP contribution is -2.13. The summed E-state index contributed by atoms with van der Waals surface area (Å²) in [5.41, 5.74) is 1.06. The van der Waals surface area contributed by atoms with Gasteiger partial charge < -0.3 is 15.0 Å². The SMILES string of the molecule is CC(C)Nc1ncnc2[nH]cc(C(=O)c3c(F)ccc(NSc4ccc(C(C)C)cc4)c3F)c12. The molecule has 6 nitrogen and oxygen atoms in total. The van der Waals surface area contributed by atoms with E-state index >= 15 is 4.39 Å². The molecule has 3 N–H and O–H groups in total. The zero-order valence-electron chi connectivity index (χ0n) is 19.2. The number of nitrogens with one attached hydrogen (secondary N) is 3. The molecule has 34 heavy (non-hydrogen) atoms. The number of aromatic nitrogens is 3. The highest BCUT2D eigenvalue weighted by Gasteiger charge is 2.26. The summed E-state index contributed by atoms with van der Waals surface area (Å²) >= 11 is 1.18. The average molecular weight is 482 g/mol. The molecule has 0 saturated heterocycles. The Morgan fingerprint density at radius 3 is 2.44 bits per heavy atom. The van der Waals surface area contributed by atoms with E-state index in [2.05, 4.69) is 38.8 Å². The van der Waals surface area contributed by atoms with Crippen molar-refractivity contribution in [2.24, 2.45) is 0 Å². The lowest BCUT2D eigenvalue weighted by Gasteiger charge is -2.12. The van der Waals surface area contributed by atoms with E-state index in [1.165, 1.54) is 36.1 Å². The van der Waals surface area contributed by atoms with Crippen LogP contribution in [0.3, 0.4) is 0 Å². The molecule has 2 aromatic heterocycles. The van der Waals surface area contributed by atoms with Crippen LogP contribution in [-0.4, -0.2) is 26.8 Å². The number of carbonyl (C=O) groups is 1. The summed E-state index contributed by atoms with van der Waals surface area (Å²) in [7, 11) is 0. The standard InChI is InChI=1S/C25H25F2N5OS/c1-13(2)15-5-7-16(8-6-15)34-32-19-10-9-18(26)21(22(19)27)23(33)17-11-28-24-20(17)25(30-12-29-24)31-14(3)4/h5-14,32H,1-4H3,(H2,28,29,30,31). The van der Waals surface area contributed by atoms with Crippen LogP contribution in [-0.2, 0) is 0 Å². The van der Waals surface area contributed by atoms with Gasteiger partial charge in [0.15, 0.2) is 5.82 Å². The van der Waals surface area contributed by atoms with Crippen LogP contribution in [0.1, 0.15) is 55.1 Å². The van der Waals surface area contributed by atoms with Crippen molar-refractivity contribution in [1.29, 1.82) is 0 Å². The van der Waals surface area contributed by atoms with E-state index in [9.17, 15) is 9.18 Å². The molecule has 2 heterocycles. The number of aromatic amines is 1. The summed E-state index contributed by atoms with van der Waals surface area (Å²) < 4.78 is 33.0. The van der Waals surface area contributed by atoms with Gasteiger partial charge in [-0.25, -0.2) is 18.7 Å². The minimum atomic E-state index is -0.958. The molecular formula is C25H25F2N5OS. The van der Waals surface area contributed by atoms with Gasteiger partial charge in [0, 0.05) is 17.1 Å². The van der Waals surface area contributed by atoms with Gasteiger partial charge in [-0.3, -0.25) is 4.79 Å². The summed E-state index contributed by atoms with van der Waals surface area (Å²) in [6.45, 7) is 8.05. The smallest absolute Gasteiger partial charge is 0.201 e. The Bertz CT molecular complexity index is 1340. The molecule has 0 aliphatic rings. The van der Waals surface area contributed by atoms with Crippen molar-refractivity contribution in [3.05, 3.63) is 77.2 Å². The van der Waals surface area contributed by atoms with Gasteiger partial charge in [0.05, 0.1) is 22.2 Å². The van der Waals surface area contributed by atoms with Crippen molar-refractivity contribution < 1.29 is 13.6 Å². The molecule has 0 aliphatic heterocycles. The van der Waals surface area contributed by atoms with Gasteiger partial charge in [-0.15, -0.1) is 0 Å². The molecule has 4 rings (SSSR count). The van der Waals surface area contributed by atoms with E-state index < -0.39 is 23.0 Å². The van der Waals surface area contributed by atoms with Crippen LogP contribution in [0.15, 0.2) is 53.8 Å². The highest BCUT2D eigenvalue weighted by atomic mass is 32.2. The van der Waals surface area contributed by atoms with Crippen molar-refractivity contribution in [1.82, 2.24) is 15.0 Å². The maximum Gasteiger partial charge on any atom is 0.201 e. The average Bonchev–Trinajstić information content (AvgIpc) is 3.24. The molecule has 2 aromatic carbocycles. The highest BCUT2D eigenvalue weighted by Crippen LogP contribution is 2.31. The summed E-state index contributed by atoms with van der Waals surface area (Å²) in [5.74, 6) is -1.87. The normalized spacial score (nSPS) is 11.4. The Hall–Kier alpha value is -3.46. The molecule has 0 unspecified atom stereocenters. The number of anilines is 2. The quantitative estimate of drug-likeness (QED) is 0.196. The summed E-state index contributed by atoms with van der Waals surface area (Å²) in [5, 5.41) is 3.53. The zero-order valence-corrected chi connectivity index (χ0v) is 20.1. The van der Waals surface area contributed by atoms with Crippen molar-refractivity contribution in [2.45, 2.75) is 44.6 Å². The van der Waals surface area contributed by atoms with Crippen LogP contribution in [0, 0.1) is 11.6 Å². The summed E-state index contributed by atoms with van der Waals surface area (Å²) in [4.78, 5) is 25.4. The van der Waals surface area contributed by atoms with Crippen LogP contribution < -0.4 is 10.0 Å². The fraction of sp³-hybridized carbons (Fsp3) is 0.240.